The van der Waals surface area contributed by atoms with E-state index in [4.69, 9.17) is 10.5 Å². The largest absolute Gasteiger partial charge is 0.381 e. The van der Waals surface area contributed by atoms with Crippen molar-refractivity contribution in [2.75, 3.05) is 13.2 Å². The van der Waals surface area contributed by atoms with Crippen LogP contribution in [0.3, 0.4) is 0 Å². The summed E-state index contributed by atoms with van der Waals surface area (Å²) in [5.41, 5.74) is 5.72. The Kier molecular flexibility index (Phi) is 7.51. The van der Waals surface area contributed by atoms with Crippen molar-refractivity contribution >= 4 is 0 Å². The zero-order chi connectivity index (χ0) is 9.40. The number of nitrogens with two attached hydrogens (primary N) is 1. The Morgan fingerprint density at radius 3 is 2.42 bits per heavy atom. The summed E-state index contributed by atoms with van der Waals surface area (Å²) in [6, 6.07) is 0.306. The van der Waals surface area contributed by atoms with Crippen LogP contribution >= 0.6 is 0 Å². The fourth-order valence-corrected chi connectivity index (χ4v) is 1.27. The quantitative estimate of drug-likeness (QED) is 0.599. The van der Waals surface area contributed by atoms with E-state index in [0.29, 0.717) is 12.0 Å². The van der Waals surface area contributed by atoms with Crippen LogP contribution in [0.1, 0.15) is 40.0 Å². The minimum atomic E-state index is 0.306. The summed E-state index contributed by atoms with van der Waals surface area (Å²) in [6.45, 7) is 8.15. The molecule has 0 saturated heterocycles. The molecule has 74 valence electrons. The third-order valence-electron chi connectivity index (χ3n) is 1.98. The molecule has 0 saturated carbocycles. The van der Waals surface area contributed by atoms with Crippen molar-refractivity contribution in [3.05, 3.63) is 0 Å². The van der Waals surface area contributed by atoms with Crippen molar-refractivity contribution < 1.29 is 4.74 Å². The smallest absolute Gasteiger partial charge is 0.0494 e. The molecule has 0 aromatic carbocycles. The molecule has 0 amide bonds. The standard InChI is InChI=1S/C10H23NO/c1-4-6-12-8-10(5-2)7-9(3)11/h9-10H,4-8,11H2,1-3H3. The summed E-state index contributed by atoms with van der Waals surface area (Å²) in [5, 5.41) is 0. The van der Waals surface area contributed by atoms with Gasteiger partial charge in [-0.25, -0.2) is 0 Å². The Hall–Kier alpha value is -0.0800. The number of hydrogen-bond donors (Lipinski definition) is 1. The maximum atomic E-state index is 5.72. The van der Waals surface area contributed by atoms with Crippen LogP contribution in [0.4, 0.5) is 0 Å². The summed E-state index contributed by atoms with van der Waals surface area (Å²) >= 11 is 0. The second kappa shape index (κ2) is 7.56. The summed E-state index contributed by atoms with van der Waals surface area (Å²) in [7, 11) is 0. The molecule has 2 atom stereocenters. The summed E-state index contributed by atoms with van der Waals surface area (Å²) < 4.78 is 5.48. The maximum absolute atomic E-state index is 5.72. The first-order valence-corrected chi connectivity index (χ1v) is 5.04. The third-order valence-corrected chi connectivity index (χ3v) is 1.98. The normalized spacial score (nSPS) is 16.0. The molecule has 2 N–H and O–H groups in total. The maximum Gasteiger partial charge on any atom is 0.0494 e. The van der Waals surface area contributed by atoms with E-state index in [1.807, 2.05) is 0 Å². The lowest BCUT2D eigenvalue weighted by atomic mass is 10.00. The predicted molar refractivity (Wildman–Crippen MR) is 53.2 cm³/mol. The van der Waals surface area contributed by atoms with Crippen LogP contribution in [0.5, 0.6) is 0 Å². The Balaban J connectivity index is 3.39. The van der Waals surface area contributed by atoms with Crippen LogP contribution in [0.25, 0.3) is 0 Å². The van der Waals surface area contributed by atoms with Gasteiger partial charge in [0.15, 0.2) is 0 Å². The van der Waals surface area contributed by atoms with Crippen molar-refractivity contribution in [1.29, 1.82) is 0 Å². The van der Waals surface area contributed by atoms with E-state index < -0.39 is 0 Å². The van der Waals surface area contributed by atoms with Crippen LogP contribution in [0, 0.1) is 5.92 Å². The van der Waals surface area contributed by atoms with E-state index in [1.54, 1.807) is 0 Å². The zero-order valence-corrected chi connectivity index (χ0v) is 8.68. The minimum absolute atomic E-state index is 0.306. The molecular formula is C10H23NO. The van der Waals surface area contributed by atoms with Gasteiger partial charge in [0, 0.05) is 19.3 Å². The van der Waals surface area contributed by atoms with Gasteiger partial charge in [-0.15, -0.1) is 0 Å². The molecule has 12 heavy (non-hydrogen) atoms. The predicted octanol–water partition coefficient (Wildman–Crippen LogP) is 2.18. The van der Waals surface area contributed by atoms with Crippen molar-refractivity contribution in [1.82, 2.24) is 0 Å². The molecule has 0 spiro atoms. The molecule has 2 unspecified atom stereocenters. The van der Waals surface area contributed by atoms with Crippen molar-refractivity contribution in [2.45, 2.75) is 46.1 Å². The molecule has 0 aliphatic rings. The van der Waals surface area contributed by atoms with Crippen LogP contribution in [0.2, 0.25) is 0 Å². The Morgan fingerprint density at radius 2 is 2.00 bits per heavy atom. The summed E-state index contributed by atoms with van der Waals surface area (Å²) in [6.07, 6.45) is 3.36. The Labute approximate surface area is 76.5 Å². The monoisotopic (exact) mass is 173 g/mol. The highest BCUT2D eigenvalue weighted by Crippen LogP contribution is 2.10. The second-order valence-corrected chi connectivity index (χ2v) is 3.56. The lowest BCUT2D eigenvalue weighted by Gasteiger charge is -2.16. The Bertz CT molecular complexity index is 93.8. The second-order valence-electron chi connectivity index (χ2n) is 3.56. The van der Waals surface area contributed by atoms with Gasteiger partial charge in [-0.3, -0.25) is 0 Å². The number of hydrogen-bond acceptors (Lipinski definition) is 2. The van der Waals surface area contributed by atoms with Crippen LogP contribution < -0.4 is 5.73 Å². The van der Waals surface area contributed by atoms with Crippen molar-refractivity contribution in [2.24, 2.45) is 11.7 Å². The molecule has 0 heterocycles. The van der Waals surface area contributed by atoms with Crippen LogP contribution in [0.15, 0.2) is 0 Å². The summed E-state index contributed by atoms with van der Waals surface area (Å²) in [4.78, 5) is 0. The molecule has 0 bridgehead atoms. The fourth-order valence-electron chi connectivity index (χ4n) is 1.27. The molecule has 0 aromatic heterocycles. The number of ether oxygens (including phenoxy) is 1. The average molecular weight is 173 g/mol. The first-order valence-electron chi connectivity index (χ1n) is 5.04. The average Bonchev–Trinajstić information content (AvgIpc) is 2.02. The molecule has 2 heteroatoms. The van der Waals surface area contributed by atoms with Crippen LogP contribution in [-0.4, -0.2) is 19.3 Å². The highest BCUT2D eigenvalue weighted by Gasteiger charge is 2.08. The molecule has 0 rings (SSSR count). The topological polar surface area (TPSA) is 35.2 Å². The third kappa shape index (κ3) is 6.62. The lowest BCUT2D eigenvalue weighted by Crippen LogP contribution is -2.22. The first kappa shape index (κ1) is 11.9. The van der Waals surface area contributed by atoms with Gasteiger partial charge in [0.05, 0.1) is 0 Å². The molecule has 2 nitrogen and oxygen atoms in total. The van der Waals surface area contributed by atoms with Crippen LogP contribution in [-0.2, 0) is 4.74 Å². The van der Waals surface area contributed by atoms with Gasteiger partial charge >= 0.3 is 0 Å². The molecular weight excluding hydrogens is 150 g/mol. The zero-order valence-electron chi connectivity index (χ0n) is 8.68. The molecule has 0 radical (unpaired) electrons. The lowest BCUT2D eigenvalue weighted by molar-refractivity contribution is 0.0933. The Morgan fingerprint density at radius 1 is 1.33 bits per heavy atom. The van der Waals surface area contributed by atoms with Crippen molar-refractivity contribution in [3.8, 4) is 0 Å². The molecule has 0 fully saturated rings. The van der Waals surface area contributed by atoms with E-state index in [9.17, 15) is 0 Å². The molecule has 0 aromatic rings. The van der Waals surface area contributed by atoms with Gasteiger partial charge < -0.3 is 10.5 Å². The van der Waals surface area contributed by atoms with E-state index in [1.165, 1.54) is 6.42 Å². The fraction of sp³-hybridized carbons (Fsp3) is 1.00. The summed E-state index contributed by atoms with van der Waals surface area (Å²) in [5.74, 6) is 0.650. The van der Waals surface area contributed by atoms with Gasteiger partial charge in [-0.1, -0.05) is 20.3 Å². The van der Waals surface area contributed by atoms with Crippen molar-refractivity contribution in [3.63, 3.8) is 0 Å². The molecule has 0 aliphatic heterocycles. The van der Waals surface area contributed by atoms with E-state index in [2.05, 4.69) is 20.8 Å². The minimum Gasteiger partial charge on any atom is -0.381 e. The van der Waals surface area contributed by atoms with Gasteiger partial charge in [0.2, 0.25) is 0 Å². The van der Waals surface area contributed by atoms with Gasteiger partial charge in [0.25, 0.3) is 0 Å². The SMILES string of the molecule is CCCOCC(CC)CC(C)N. The number of rotatable bonds is 7. The van der Waals surface area contributed by atoms with E-state index in [0.717, 1.165) is 26.1 Å². The van der Waals surface area contributed by atoms with E-state index >= 15 is 0 Å². The molecule has 0 aliphatic carbocycles. The highest BCUT2D eigenvalue weighted by molar-refractivity contribution is 4.62. The van der Waals surface area contributed by atoms with E-state index in [-0.39, 0.29) is 0 Å². The van der Waals surface area contributed by atoms with Gasteiger partial charge in [-0.05, 0) is 25.7 Å². The van der Waals surface area contributed by atoms with Gasteiger partial charge in [0.1, 0.15) is 0 Å². The van der Waals surface area contributed by atoms with Gasteiger partial charge in [-0.2, -0.15) is 0 Å². The highest BCUT2D eigenvalue weighted by atomic mass is 16.5. The first-order chi connectivity index (χ1) is 5.70.